The number of carbonyl (C=O) groups is 1. The van der Waals surface area contributed by atoms with Crippen molar-refractivity contribution >= 4 is 29.1 Å². The van der Waals surface area contributed by atoms with Crippen LogP contribution in [0.5, 0.6) is 5.75 Å². The summed E-state index contributed by atoms with van der Waals surface area (Å²) in [5.74, 6) is -0.794. The second-order valence-corrected chi connectivity index (χ2v) is 9.89. The smallest absolute Gasteiger partial charge is 0.366 e. The highest BCUT2D eigenvalue weighted by atomic mass is 32.2. The molecule has 2 heterocycles. The van der Waals surface area contributed by atoms with E-state index in [1.165, 1.54) is 33.8 Å². The van der Waals surface area contributed by atoms with Crippen molar-refractivity contribution in [3.63, 3.8) is 0 Å². The Labute approximate surface area is 210 Å². The van der Waals surface area contributed by atoms with Gasteiger partial charge in [0.1, 0.15) is 12.4 Å². The zero-order valence-corrected chi connectivity index (χ0v) is 20.8. The summed E-state index contributed by atoms with van der Waals surface area (Å²) in [4.78, 5) is 16.7. The minimum atomic E-state index is -1.31. The first-order chi connectivity index (χ1) is 17.1. The van der Waals surface area contributed by atoms with Crippen LogP contribution in [0.15, 0.2) is 82.6 Å². The zero-order valence-electron chi connectivity index (χ0n) is 19.9. The molecule has 0 aromatic heterocycles. The van der Waals surface area contributed by atoms with Crippen molar-refractivity contribution in [1.29, 1.82) is 0 Å². The number of nitrogens with zero attached hydrogens (tertiary/aromatic N) is 1. The summed E-state index contributed by atoms with van der Waals surface area (Å²) in [5.41, 5.74) is 3.61. The van der Waals surface area contributed by atoms with Crippen molar-refractivity contribution in [1.82, 2.24) is 0 Å². The average Bonchev–Trinajstić information content (AvgIpc) is 2.90. The molecule has 7 heteroatoms. The van der Waals surface area contributed by atoms with Crippen LogP contribution in [-0.4, -0.2) is 45.2 Å². The molecule has 0 atom stereocenters. The number of benzene rings is 3. The van der Waals surface area contributed by atoms with Gasteiger partial charge in [0, 0.05) is 22.6 Å². The van der Waals surface area contributed by atoms with Gasteiger partial charge in [-0.15, -0.1) is 0 Å². The normalized spacial score (nSPS) is 21.1. The van der Waals surface area contributed by atoms with Crippen molar-refractivity contribution in [2.75, 3.05) is 38.4 Å². The first-order valence-corrected chi connectivity index (χ1v) is 12.6. The number of anilines is 2. The molecule has 0 unspecified atom stereocenters. The maximum Gasteiger partial charge on any atom is 0.366 e. The number of hydrogen-bond acceptors (Lipinski definition) is 7. The molecule has 0 amide bonds. The molecule has 6 nitrogen and oxygen atoms in total. The fourth-order valence-electron chi connectivity index (χ4n) is 4.40. The fourth-order valence-corrected chi connectivity index (χ4v) is 5.49. The quantitative estimate of drug-likeness (QED) is 0.407. The third-order valence-electron chi connectivity index (χ3n) is 6.31. The van der Waals surface area contributed by atoms with Crippen LogP contribution >= 0.6 is 11.8 Å². The van der Waals surface area contributed by atoms with Crippen molar-refractivity contribution < 1.29 is 23.7 Å². The van der Waals surface area contributed by atoms with E-state index in [-0.39, 0.29) is 5.92 Å². The summed E-state index contributed by atoms with van der Waals surface area (Å²) in [6.45, 7) is 3.82. The maximum atomic E-state index is 11.8. The van der Waals surface area contributed by atoms with Crippen LogP contribution in [0.1, 0.15) is 12.5 Å². The van der Waals surface area contributed by atoms with E-state index in [4.69, 9.17) is 18.9 Å². The van der Waals surface area contributed by atoms with Crippen LogP contribution in [0.4, 0.5) is 11.4 Å². The van der Waals surface area contributed by atoms with E-state index < -0.39 is 11.8 Å². The van der Waals surface area contributed by atoms with Crippen molar-refractivity contribution in [2.45, 2.75) is 28.9 Å². The van der Waals surface area contributed by atoms with Gasteiger partial charge < -0.3 is 23.8 Å². The lowest BCUT2D eigenvalue weighted by molar-refractivity contribution is -0.272. The third kappa shape index (κ3) is 5.17. The topological polar surface area (TPSA) is 57.2 Å². The molecule has 1 fully saturated rings. The summed E-state index contributed by atoms with van der Waals surface area (Å²) in [5, 5.41) is 0. The summed E-state index contributed by atoms with van der Waals surface area (Å²) in [6, 6.07) is 25.2. The molecule has 35 heavy (non-hydrogen) atoms. The van der Waals surface area contributed by atoms with Gasteiger partial charge in [-0.2, -0.15) is 0 Å². The first kappa shape index (κ1) is 23.7. The fraction of sp³-hybridized carbons (Fsp3) is 0.321. The van der Waals surface area contributed by atoms with Crippen LogP contribution in [0.25, 0.3) is 0 Å². The Hall–Kier alpha value is -3.00. The van der Waals surface area contributed by atoms with Crippen molar-refractivity contribution in [3.05, 3.63) is 78.4 Å². The molecule has 2 aliphatic heterocycles. The Morgan fingerprint density at radius 2 is 1.57 bits per heavy atom. The minimum Gasteiger partial charge on any atom is -0.492 e. The molecule has 182 valence electrons. The number of fused-ring (bicyclic) bond motifs is 2. The Kier molecular flexibility index (Phi) is 7.00. The summed E-state index contributed by atoms with van der Waals surface area (Å²) >= 11 is 1.81. The van der Waals surface area contributed by atoms with Crippen molar-refractivity contribution in [3.8, 4) is 5.75 Å². The lowest BCUT2D eigenvalue weighted by atomic mass is 9.99. The average molecular weight is 492 g/mol. The number of para-hydroxylation sites is 2. The first-order valence-electron chi connectivity index (χ1n) is 11.8. The Morgan fingerprint density at radius 1 is 0.971 bits per heavy atom. The van der Waals surface area contributed by atoms with E-state index in [0.29, 0.717) is 19.8 Å². The van der Waals surface area contributed by atoms with Crippen LogP contribution < -0.4 is 9.64 Å². The molecule has 0 aliphatic carbocycles. The molecule has 1 saturated heterocycles. The largest absolute Gasteiger partial charge is 0.492 e. The van der Waals surface area contributed by atoms with Gasteiger partial charge in [-0.1, -0.05) is 48.2 Å². The second-order valence-electron chi connectivity index (χ2n) is 8.81. The van der Waals surface area contributed by atoms with Gasteiger partial charge in [-0.25, -0.2) is 4.79 Å². The SMILES string of the molecule is COC(=O)C1(C)OCC(Cc2ccc(OCCN3c4ccccc4Sc4ccccc43)cc2)CO1. The van der Waals surface area contributed by atoms with Gasteiger partial charge in [0.2, 0.25) is 0 Å². The summed E-state index contributed by atoms with van der Waals surface area (Å²) < 4.78 is 22.2. The predicted molar refractivity (Wildman–Crippen MR) is 135 cm³/mol. The Morgan fingerprint density at radius 3 is 2.17 bits per heavy atom. The van der Waals surface area contributed by atoms with E-state index in [9.17, 15) is 4.79 Å². The number of rotatable bonds is 7. The molecule has 0 radical (unpaired) electrons. The minimum absolute atomic E-state index is 0.177. The third-order valence-corrected chi connectivity index (χ3v) is 7.44. The van der Waals surface area contributed by atoms with E-state index >= 15 is 0 Å². The van der Waals surface area contributed by atoms with Gasteiger partial charge in [0.05, 0.1) is 38.2 Å². The van der Waals surface area contributed by atoms with Gasteiger partial charge >= 0.3 is 5.97 Å². The van der Waals surface area contributed by atoms with Gasteiger partial charge in [-0.3, -0.25) is 0 Å². The van der Waals surface area contributed by atoms with Gasteiger partial charge in [0.25, 0.3) is 5.79 Å². The van der Waals surface area contributed by atoms with Crippen LogP contribution in [-0.2, 0) is 25.4 Å². The van der Waals surface area contributed by atoms with Gasteiger partial charge in [0.15, 0.2) is 0 Å². The number of hydrogen-bond donors (Lipinski definition) is 0. The molecule has 2 aliphatic rings. The van der Waals surface area contributed by atoms with Crippen LogP contribution in [0.3, 0.4) is 0 Å². The summed E-state index contributed by atoms with van der Waals surface area (Å²) in [7, 11) is 1.33. The van der Waals surface area contributed by atoms with E-state index in [0.717, 1.165) is 18.7 Å². The number of methoxy groups -OCH3 is 1. The Bertz CT molecular complexity index is 1130. The highest BCUT2D eigenvalue weighted by Crippen LogP contribution is 2.47. The molecule has 0 N–H and O–H groups in total. The second kappa shape index (κ2) is 10.3. The number of esters is 1. The predicted octanol–water partition coefficient (Wildman–Crippen LogP) is 5.46. The monoisotopic (exact) mass is 491 g/mol. The highest BCUT2D eigenvalue weighted by molar-refractivity contribution is 7.99. The van der Waals surface area contributed by atoms with Crippen LogP contribution in [0.2, 0.25) is 0 Å². The number of carbonyl (C=O) groups excluding carboxylic acids is 1. The standard InChI is InChI=1S/C28H29NO5S/c1-28(27(30)31-2)33-18-21(19-34-28)17-20-11-13-22(14-12-20)32-16-15-29-23-7-3-5-9-25(23)35-26-10-6-4-8-24(26)29/h3-14,21H,15-19H2,1-2H3. The number of ether oxygens (including phenoxy) is 4. The van der Waals surface area contributed by atoms with Crippen LogP contribution in [0, 0.1) is 5.92 Å². The summed E-state index contributed by atoms with van der Waals surface area (Å²) in [6.07, 6.45) is 0.802. The molecule has 0 bridgehead atoms. The molecule has 3 aromatic rings. The molecule has 0 spiro atoms. The zero-order chi connectivity index (χ0) is 24.3. The molecule has 0 saturated carbocycles. The maximum absolute atomic E-state index is 11.8. The molecule has 3 aromatic carbocycles. The van der Waals surface area contributed by atoms with E-state index in [1.54, 1.807) is 6.92 Å². The molecular formula is C28H29NO5S. The molecule has 5 rings (SSSR count). The van der Waals surface area contributed by atoms with Gasteiger partial charge in [-0.05, 0) is 48.4 Å². The van der Waals surface area contributed by atoms with E-state index in [2.05, 4.69) is 65.6 Å². The lowest BCUT2D eigenvalue weighted by Gasteiger charge is -2.35. The highest BCUT2D eigenvalue weighted by Gasteiger charge is 2.41. The molecular weight excluding hydrogens is 462 g/mol. The van der Waals surface area contributed by atoms with Crippen molar-refractivity contribution in [2.24, 2.45) is 5.92 Å². The van der Waals surface area contributed by atoms with E-state index in [1.807, 2.05) is 23.9 Å². The lowest BCUT2D eigenvalue weighted by Crippen LogP contribution is -2.48. The Balaban J connectivity index is 1.15.